The second kappa shape index (κ2) is 5.14. The zero-order chi connectivity index (χ0) is 13.2. The van der Waals surface area contributed by atoms with Crippen molar-refractivity contribution in [3.63, 3.8) is 0 Å². The van der Waals surface area contributed by atoms with Crippen molar-refractivity contribution in [3.8, 4) is 0 Å². The Morgan fingerprint density at radius 2 is 2.37 bits per heavy atom. The molecule has 1 aliphatic rings. The standard InChI is InChI=1S/C13H16N4OS/c1-16-6-4-10(5-7-16)12-3-2-11(19-12)8-17-9-14-15-13(17)18/h2-4,9H,5-8H2,1H3,(H,15,18). The maximum atomic E-state index is 11.4. The number of hydrogen-bond donors (Lipinski definition) is 1. The Morgan fingerprint density at radius 1 is 1.47 bits per heavy atom. The zero-order valence-corrected chi connectivity index (χ0v) is 11.6. The van der Waals surface area contributed by atoms with Crippen LogP contribution in [0.25, 0.3) is 5.57 Å². The lowest BCUT2D eigenvalue weighted by molar-refractivity contribution is 0.370. The van der Waals surface area contributed by atoms with Crippen LogP contribution in [0.15, 0.2) is 29.3 Å². The molecule has 0 atom stereocenters. The van der Waals surface area contributed by atoms with Gasteiger partial charge in [0.1, 0.15) is 6.33 Å². The van der Waals surface area contributed by atoms with Crippen LogP contribution in [0.3, 0.4) is 0 Å². The van der Waals surface area contributed by atoms with Crippen LogP contribution in [-0.4, -0.2) is 39.8 Å². The molecule has 5 nitrogen and oxygen atoms in total. The van der Waals surface area contributed by atoms with E-state index in [1.54, 1.807) is 15.9 Å². The fourth-order valence-electron chi connectivity index (χ4n) is 2.18. The number of thiophene rings is 1. The first-order valence-electron chi connectivity index (χ1n) is 6.29. The topological polar surface area (TPSA) is 53.9 Å². The molecule has 0 saturated carbocycles. The lowest BCUT2D eigenvalue weighted by Gasteiger charge is -2.21. The maximum absolute atomic E-state index is 11.4. The molecule has 0 fully saturated rings. The highest BCUT2D eigenvalue weighted by Crippen LogP contribution is 2.28. The summed E-state index contributed by atoms with van der Waals surface area (Å²) < 4.78 is 1.58. The molecule has 6 heteroatoms. The second-order valence-corrected chi connectivity index (χ2v) is 5.97. The van der Waals surface area contributed by atoms with Crippen LogP contribution < -0.4 is 5.69 Å². The summed E-state index contributed by atoms with van der Waals surface area (Å²) in [7, 11) is 2.14. The van der Waals surface area contributed by atoms with Crippen molar-refractivity contribution in [2.24, 2.45) is 0 Å². The first-order chi connectivity index (χ1) is 9.22. The molecule has 0 radical (unpaired) electrons. The summed E-state index contributed by atoms with van der Waals surface area (Å²) in [6, 6.07) is 4.25. The van der Waals surface area contributed by atoms with E-state index in [1.807, 2.05) is 0 Å². The predicted molar refractivity (Wildman–Crippen MR) is 76.4 cm³/mol. The largest absolute Gasteiger partial charge is 0.343 e. The van der Waals surface area contributed by atoms with Gasteiger partial charge in [-0.25, -0.2) is 9.89 Å². The van der Waals surface area contributed by atoms with Crippen LogP contribution in [0.2, 0.25) is 0 Å². The minimum atomic E-state index is -0.159. The first-order valence-corrected chi connectivity index (χ1v) is 7.10. The summed E-state index contributed by atoms with van der Waals surface area (Å²) in [5.74, 6) is 0. The minimum Gasteiger partial charge on any atom is -0.302 e. The Morgan fingerprint density at radius 3 is 3.05 bits per heavy atom. The van der Waals surface area contributed by atoms with E-state index in [9.17, 15) is 4.79 Å². The Labute approximate surface area is 115 Å². The van der Waals surface area contributed by atoms with Crippen LogP contribution in [0.4, 0.5) is 0 Å². The van der Waals surface area contributed by atoms with Crippen molar-refractivity contribution in [2.75, 3.05) is 20.1 Å². The fourth-order valence-corrected chi connectivity index (χ4v) is 3.26. The quantitative estimate of drug-likeness (QED) is 0.922. The molecule has 3 heterocycles. The van der Waals surface area contributed by atoms with Gasteiger partial charge in [0.05, 0.1) is 6.54 Å². The lowest BCUT2D eigenvalue weighted by atomic mass is 10.1. The molecule has 3 rings (SSSR count). The van der Waals surface area contributed by atoms with Gasteiger partial charge >= 0.3 is 5.69 Å². The first kappa shape index (κ1) is 12.4. The number of nitrogens with zero attached hydrogens (tertiary/aromatic N) is 3. The Balaban J connectivity index is 1.77. The van der Waals surface area contributed by atoms with Crippen LogP contribution in [0, 0.1) is 0 Å². The van der Waals surface area contributed by atoms with Gasteiger partial charge < -0.3 is 4.90 Å². The Bertz CT molecular complexity index is 651. The number of likely N-dealkylation sites (N-methyl/N-ethyl adjacent to an activating group) is 1. The highest BCUT2D eigenvalue weighted by molar-refractivity contribution is 7.13. The molecule has 2 aromatic rings. The van der Waals surface area contributed by atoms with E-state index in [0.717, 1.165) is 19.5 Å². The highest BCUT2D eigenvalue weighted by Gasteiger charge is 2.12. The number of aromatic nitrogens is 3. The smallest absolute Gasteiger partial charge is 0.302 e. The van der Waals surface area contributed by atoms with E-state index in [1.165, 1.54) is 21.7 Å². The SMILES string of the molecule is CN1CC=C(c2ccc(Cn3cn[nH]c3=O)s2)CC1. The average molecular weight is 276 g/mol. The number of aromatic amines is 1. The van der Waals surface area contributed by atoms with Gasteiger partial charge in [0.15, 0.2) is 0 Å². The van der Waals surface area contributed by atoms with Crippen LogP contribution in [0.5, 0.6) is 0 Å². The molecule has 0 aromatic carbocycles. The molecule has 0 unspecified atom stereocenters. The highest BCUT2D eigenvalue weighted by atomic mass is 32.1. The third-order valence-corrected chi connectivity index (χ3v) is 4.48. The van der Waals surface area contributed by atoms with Crippen molar-refractivity contribution in [2.45, 2.75) is 13.0 Å². The van der Waals surface area contributed by atoms with Gasteiger partial charge in [0, 0.05) is 22.8 Å². The van der Waals surface area contributed by atoms with Crippen LogP contribution in [0.1, 0.15) is 16.2 Å². The van der Waals surface area contributed by atoms with Crippen LogP contribution in [-0.2, 0) is 6.54 Å². The molecular weight excluding hydrogens is 260 g/mol. The second-order valence-electron chi connectivity index (χ2n) is 4.80. The maximum Gasteiger partial charge on any atom is 0.343 e. The van der Waals surface area contributed by atoms with E-state index in [0.29, 0.717) is 6.54 Å². The van der Waals surface area contributed by atoms with Gasteiger partial charge in [-0.2, -0.15) is 5.10 Å². The van der Waals surface area contributed by atoms with Gasteiger partial charge in [0.25, 0.3) is 0 Å². The normalized spacial score (nSPS) is 16.6. The van der Waals surface area contributed by atoms with Gasteiger partial charge in [-0.3, -0.25) is 4.57 Å². The summed E-state index contributed by atoms with van der Waals surface area (Å²) in [5.41, 5.74) is 1.27. The fraction of sp³-hybridized carbons (Fsp3) is 0.385. The third-order valence-electron chi connectivity index (χ3n) is 3.33. The average Bonchev–Trinajstić information content (AvgIpc) is 3.01. The van der Waals surface area contributed by atoms with Crippen molar-refractivity contribution >= 4 is 16.9 Å². The molecule has 100 valence electrons. The summed E-state index contributed by atoms with van der Waals surface area (Å²) >= 11 is 1.76. The van der Waals surface area contributed by atoms with Gasteiger partial charge in [-0.05, 0) is 31.2 Å². The molecule has 1 N–H and O–H groups in total. The van der Waals surface area contributed by atoms with Gasteiger partial charge in [-0.1, -0.05) is 6.08 Å². The van der Waals surface area contributed by atoms with Gasteiger partial charge in [0.2, 0.25) is 0 Å². The number of H-pyrrole nitrogens is 1. The van der Waals surface area contributed by atoms with Crippen molar-refractivity contribution < 1.29 is 0 Å². The number of hydrogen-bond acceptors (Lipinski definition) is 4. The van der Waals surface area contributed by atoms with E-state index in [-0.39, 0.29) is 5.69 Å². The summed E-state index contributed by atoms with van der Waals surface area (Å²) in [4.78, 5) is 16.2. The summed E-state index contributed by atoms with van der Waals surface area (Å²) in [5, 5.41) is 6.15. The van der Waals surface area contributed by atoms with Gasteiger partial charge in [-0.15, -0.1) is 11.3 Å². The summed E-state index contributed by atoms with van der Waals surface area (Å²) in [6.45, 7) is 2.72. The Hall–Kier alpha value is -1.66. The van der Waals surface area contributed by atoms with E-state index >= 15 is 0 Å². The lowest BCUT2D eigenvalue weighted by Crippen LogP contribution is -2.23. The van der Waals surface area contributed by atoms with Crippen molar-refractivity contribution in [1.29, 1.82) is 0 Å². The summed E-state index contributed by atoms with van der Waals surface area (Å²) in [6.07, 6.45) is 4.93. The number of nitrogens with one attached hydrogen (secondary N) is 1. The predicted octanol–water partition coefficient (Wildman–Crippen LogP) is 1.40. The van der Waals surface area contributed by atoms with Crippen LogP contribution >= 0.6 is 11.3 Å². The molecule has 1 aliphatic heterocycles. The molecular formula is C13H16N4OS. The third kappa shape index (κ3) is 2.69. The van der Waals surface area contributed by atoms with E-state index < -0.39 is 0 Å². The minimum absolute atomic E-state index is 0.159. The molecule has 0 aliphatic carbocycles. The van der Waals surface area contributed by atoms with Crippen molar-refractivity contribution in [3.05, 3.63) is 44.8 Å². The Kier molecular flexibility index (Phi) is 3.35. The molecule has 0 saturated heterocycles. The van der Waals surface area contributed by atoms with E-state index in [2.05, 4.69) is 40.4 Å². The monoisotopic (exact) mass is 276 g/mol. The molecule has 0 spiro atoms. The van der Waals surface area contributed by atoms with E-state index in [4.69, 9.17) is 0 Å². The number of rotatable bonds is 3. The molecule has 0 bridgehead atoms. The van der Waals surface area contributed by atoms with Crippen molar-refractivity contribution in [1.82, 2.24) is 19.7 Å². The molecule has 19 heavy (non-hydrogen) atoms. The zero-order valence-electron chi connectivity index (χ0n) is 10.8. The molecule has 0 amide bonds. The molecule has 2 aromatic heterocycles.